The highest BCUT2D eigenvalue weighted by Gasteiger charge is 2.20. The van der Waals surface area contributed by atoms with Crippen molar-refractivity contribution in [2.24, 2.45) is 5.92 Å². The van der Waals surface area contributed by atoms with Crippen molar-refractivity contribution in [3.05, 3.63) is 18.2 Å². The van der Waals surface area contributed by atoms with Crippen molar-refractivity contribution in [3.63, 3.8) is 0 Å². The number of hydrogen-bond acceptors (Lipinski definition) is 3. The van der Waals surface area contributed by atoms with Crippen LogP contribution in [0.25, 0.3) is 0 Å². The van der Waals surface area contributed by atoms with Crippen molar-refractivity contribution < 1.29 is 8.42 Å². The molecule has 2 heterocycles. The van der Waals surface area contributed by atoms with Gasteiger partial charge >= 0.3 is 0 Å². The van der Waals surface area contributed by atoms with Gasteiger partial charge in [0.25, 0.3) is 0 Å². The molecule has 0 aliphatic carbocycles. The number of hydrogen-bond donors (Lipinski definition) is 1. The molecule has 0 amide bonds. The largest absolute Gasteiger partial charge is 0.335 e. The summed E-state index contributed by atoms with van der Waals surface area (Å²) in [6.45, 7) is 3.12. The van der Waals surface area contributed by atoms with Crippen LogP contribution < -0.4 is 4.72 Å². The monoisotopic (exact) mass is 243 g/mol. The molecule has 0 fully saturated rings. The van der Waals surface area contributed by atoms with E-state index in [1.54, 1.807) is 13.1 Å². The predicted molar refractivity (Wildman–Crippen MR) is 61.5 cm³/mol. The first-order chi connectivity index (χ1) is 7.61. The minimum Gasteiger partial charge on any atom is -0.335 e. The maximum Gasteiger partial charge on any atom is 0.211 e. The molecule has 0 spiro atoms. The first-order valence-corrected chi connectivity index (χ1v) is 7.23. The summed E-state index contributed by atoms with van der Waals surface area (Å²) in [7, 11) is -3.06. The summed E-state index contributed by atoms with van der Waals surface area (Å²) in [6, 6.07) is 0. The molecule has 0 unspecified atom stereocenters. The van der Waals surface area contributed by atoms with Gasteiger partial charge in [0.2, 0.25) is 10.0 Å². The zero-order valence-corrected chi connectivity index (χ0v) is 10.2. The Morgan fingerprint density at radius 3 is 3.19 bits per heavy atom. The van der Waals surface area contributed by atoms with Crippen LogP contribution in [0.2, 0.25) is 0 Å². The second-order valence-corrected chi connectivity index (χ2v) is 6.24. The van der Waals surface area contributed by atoms with E-state index in [0.29, 0.717) is 12.5 Å². The highest BCUT2D eigenvalue weighted by Crippen LogP contribution is 2.18. The van der Waals surface area contributed by atoms with Crippen LogP contribution in [0.3, 0.4) is 0 Å². The molecule has 2 rings (SSSR count). The standard InChI is InChI=1S/C10H17N3O2S/c1-2-16(14,15)12-8-9-3-5-13-6-4-11-10(13)7-9/h4,6,9,12H,2-3,5,7-8H2,1H3/t9-/m1/s1. The predicted octanol–water partition coefficient (Wildman–Crippen LogP) is 0.385. The number of aryl methyl sites for hydroxylation is 1. The molecule has 90 valence electrons. The van der Waals surface area contributed by atoms with E-state index >= 15 is 0 Å². The molecule has 6 heteroatoms. The van der Waals surface area contributed by atoms with E-state index in [2.05, 4.69) is 14.3 Å². The molecule has 1 aromatic heterocycles. The zero-order valence-electron chi connectivity index (χ0n) is 9.39. The van der Waals surface area contributed by atoms with Gasteiger partial charge in [-0.2, -0.15) is 0 Å². The third-order valence-electron chi connectivity index (χ3n) is 3.02. The third kappa shape index (κ3) is 2.62. The second kappa shape index (κ2) is 4.55. The van der Waals surface area contributed by atoms with Gasteiger partial charge in [-0.15, -0.1) is 0 Å². The lowest BCUT2D eigenvalue weighted by atomic mass is 9.98. The molecule has 1 atom stereocenters. The van der Waals surface area contributed by atoms with Crippen molar-refractivity contribution in [1.82, 2.24) is 14.3 Å². The van der Waals surface area contributed by atoms with Crippen LogP contribution in [-0.4, -0.2) is 30.3 Å². The molecule has 1 N–H and O–H groups in total. The molecule has 0 saturated heterocycles. The van der Waals surface area contributed by atoms with Gasteiger partial charge in [-0.05, 0) is 19.3 Å². The quantitative estimate of drug-likeness (QED) is 0.831. The van der Waals surface area contributed by atoms with E-state index in [9.17, 15) is 8.42 Å². The number of imidazole rings is 1. The maximum atomic E-state index is 11.3. The molecule has 1 aliphatic heterocycles. The topological polar surface area (TPSA) is 64.0 Å². The van der Waals surface area contributed by atoms with Crippen LogP contribution in [0, 0.1) is 5.92 Å². The fourth-order valence-electron chi connectivity index (χ4n) is 1.94. The van der Waals surface area contributed by atoms with E-state index < -0.39 is 10.0 Å². The fraction of sp³-hybridized carbons (Fsp3) is 0.700. The molecular formula is C10H17N3O2S. The van der Waals surface area contributed by atoms with Gasteiger partial charge in [0.1, 0.15) is 5.82 Å². The molecule has 0 radical (unpaired) electrons. The molecule has 0 bridgehead atoms. The average Bonchev–Trinajstić information content (AvgIpc) is 2.73. The van der Waals surface area contributed by atoms with Gasteiger partial charge in [-0.1, -0.05) is 0 Å². The minimum absolute atomic E-state index is 0.147. The smallest absolute Gasteiger partial charge is 0.211 e. The Morgan fingerprint density at radius 2 is 2.44 bits per heavy atom. The van der Waals surface area contributed by atoms with Crippen molar-refractivity contribution in [2.45, 2.75) is 26.3 Å². The van der Waals surface area contributed by atoms with Gasteiger partial charge in [0, 0.05) is 31.9 Å². The number of fused-ring (bicyclic) bond motifs is 1. The van der Waals surface area contributed by atoms with Gasteiger partial charge < -0.3 is 4.57 Å². The third-order valence-corrected chi connectivity index (χ3v) is 4.39. The van der Waals surface area contributed by atoms with E-state index in [0.717, 1.165) is 25.2 Å². The average molecular weight is 243 g/mol. The van der Waals surface area contributed by atoms with Gasteiger partial charge in [0.15, 0.2) is 0 Å². The van der Waals surface area contributed by atoms with Crippen molar-refractivity contribution in [3.8, 4) is 0 Å². The first-order valence-electron chi connectivity index (χ1n) is 5.58. The Balaban J connectivity index is 1.90. The zero-order chi connectivity index (χ0) is 11.6. The van der Waals surface area contributed by atoms with Crippen LogP contribution in [0.1, 0.15) is 19.2 Å². The Bertz CT molecular complexity index is 452. The molecular weight excluding hydrogens is 226 g/mol. The molecule has 16 heavy (non-hydrogen) atoms. The number of nitrogens with zero attached hydrogens (tertiary/aromatic N) is 2. The molecule has 0 saturated carbocycles. The second-order valence-electron chi connectivity index (χ2n) is 4.15. The molecule has 1 aromatic rings. The van der Waals surface area contributed by atoms with Gasteiger partial charge in [0.05, 0.1) is 5.75 Å². The summed E-state index contributed by atoms with van der Waals surface area (Å²) in [5, 5.41) is 0. The maximum absolute atomic E-state index is 11.3. The Labute approximate surface area is 95.9 Å². The Morgan fingerprint density at radius 1 is 1.62 bits per heavy atom. The summed E-state index contributed by atoms with van der Waals surface area (Å²) < 4.78 is 27.4. The van der Waals surface area contributed by atoms with E-state index in [4.69, 9.17) is 0 Å². The van der Waals surface area contributed by atoms with Crippen molar-refractivity contribution >= 4 is 10.0 Å². The lowest BCUT2D eigenvalue weighted by Crippen LogP contribution is -2.33. The van der Waals surface area contributed by atoms with Crippen molar-refractivity contribution in [2.75, 3.05) is 12.3 Å². The Kier molecular flexibility index (Phi) is 3.30. The highest BCUT2D eigenvalue weighted by molar-refractivity contribution is 7.89. The molecule has 0 aromatic carbocycles. The SMILES string of the molecule is CCS(=O)(=O)NC[C@@H]1CCn2ccnc2C1. The summed E-state index contributed by atoms with van der Waals surface area (Å²) >= 11 is 0. The Hall–Kier alpha value is -0.880. The van der Waals surface area contributed by atoms with Gasteiger partial charge in [-0.25, -0.2) is 18.1 Å². The number of rotatable bonds is 4. The first kappa shape index (κ1) is 11.6. The van der Waals surface area contributed by atoms with Crippen LogP contribution in [0.4, 0.5) is 0 Å². The van der Waals surface area contributed by atoms with E-state index in [-0.39, 0.29) is 5.75 Å². The fourth-order valence-corrected chi connectivity index (χ4v) is 2.63. The van der Waals surface area contributed by atoms with Crippen LogP contribution in [0.15, 0.2) is 12.4 Å². The molecule has 5 nitrogen and oxygen atoms in total. The van der Waals surface area contributed by atoms with Crippen LogP contribution >= 0.6 is 0 Å². The van der Waals surface area contributed by atoms with Crippen molar-refractivity contribution in [1.29, 1.82) is 0 Å². The number of sulfonamides is 1. The number of aromatic nitrogens is 2. The van der Waals surface area contributed by atoms with Crippen LogP contribution in [0.5, 0.6) is 0 Å². The normalized spacial score (nSPS) is 20.7. The number of nitrogens with one attached hydrogen (secondary N) is 1. The van der Waals surface area contributed by atoms with E-state index in [1.165, 1.54) is 0 Å². The minimum atomic E-state index is -3.06. The van der Waals surface area contributed by atoms with E-state index in [1.807, 2.05) is 6.20 Å². The van der Waals surface area contributed by atoms with Crippen LogP contribution in [-0.2, 0) is 23.0 Å². The summed E-state index contributed by atoms with van der Waals surface area (Å²) in [5.41, 5.74) is 0. The van der Waals surface area contributed by atoms with Gasteiger partial charge in [-0.3, -0.25) is 0 Å². The lowest BCUT2D eigenvalue weighted by molar-refractivity contribution is 0.379. The summed E-state index contributed by atoms with van der Waals surface area (Å²) in [5.74, 6) is 1.58. The lowest BCUT2D eigenvalue weighted by Gasteiger charge is -2.23. The summed E-state index contributed by atoms with van der Waals surface area (Å²) in [4.78, 5) is 4.26. The highest BCUT2D eigenvalue weighted by atomic mass is 32.2. The summed E-state index contributed by atoms with van der Waals surface area (Å²) in [6.07, 6.45) is 5.64. The molecule has 1 aliphatic rings.